The van der Waals surface area contributed by atoms with Crippen LogP contribution in [0.5, 0.6) is 5.75 Å². The molecule has 0 aliphatic heterocycles. The van der Waals surface area contributed by atoms with E-state index in [1.807, 2.05) is 18.2 Å². The second-order valence-electron chi connectivity index (χ2n) is 11.9. The zero-order valence-electron chi connectivity index (χ0n) is 27.4. The Bertz CT molecular complexity index is 1090. The van der Waals surface area contributed by atoms with Crippen molar-refractivity contribution in [2.24, 2.45) is 0 Å². The van der Waals surface area contributed by atoms with Crippen LogP contribution in [-0.2, 0) is 12.8 Å². The summed E-state index contributed by atoms with van der Waals surface area (Å²) < 4.78 is 0. The largest absolute Gasteiger partial charge is 2.00 e. The third-order valence-corrected chi connectivity index (χ3v) is 8.45. The summed E-state index contributed by atoms with van der Waals surface area (Å²) in [6.07, 6.45) is 28.7. The fourth-order valence-electron chi connectivity index (χ4n) is 6.06. The predicted molar refractivity (Wildman–Crippen MR) is 178 cm³/mol. The van der Waals surface area contributed by atoms with E-state index in [-0.39, 0.29) is 56.1 Å². The molecule has 0 aliphatic rings. The first kappa shape index (κ1) is 36.4. The van der Waals surface area contributed by atoms with Gasteiger partial charge in [-0.1, -0.05) is 167 Å². The molecule has 0 amide bonds. The summed E-state index contributed by atoms with van der Waals surface area (Å²) in [5, 5.41) is 22.3. The van der Waals surface area contributed by atoms with Crippen LogP contribution in [0.15, 0.2) is 24.3 Å². The van der Waals surface area contributed by atoms with Gasteiger partial charge in [-0.15, -0.1) is 23.3 Å². The standard InChI is InChI=1S/C36H56N3O.Ba.H/c1-3-5-7-9-11-13-15-17-19-21-24-30-28-31(40)29-34(33-26-23-27-35-36(33)38-39-37-35)32(30)25-22-20-18-16-14-12-10-8-6-4-2;;/h23,26-27,29,40H,3-22,24-25H2,1-2H3,(H,37,38,39);;/q-1;+2;-1. The number of aromatic nitrogens is 3. The molecule has 4 nitrogen and oxygen atoms in total. The van der Waals surface area contributed by atoms with Gasteiger partial charge in [-0.3, -0.25) is 0 Å². The summed E-state index contributed by atoms with van der Waals surface area (Å²) in [7, 11) is 0. The molecule has 0 unspecified atom stereocenters. The van der Waals surface area contributed by atoms with Crippen LogP contribution in [0.4, 0.5) is 0 Å². The van der Waals surface area contributed by atoms with Crippen molar-refractivity contribution in [1.29, 1.82) is 0 Å². The quantitative estimate of drug-likeness (QED) is 0.0594. The van der Waals surface area contributed by atoms with E-state index in [9.17, 15) is 5.11 Å². The molecule has 5 heteroatoms. The van der Waals surface area contributed by atoms with Gasteiger partial charge in [0.1, 0.15) is 11.0 Å². The molecule has 2 aromatic carbocycles. The molecule has 3 aromatic rings. The minimum atomic E-state index is 0. The summed E-state index contributed by atoms with van der Waals surface area (Å²) in [6.45, 7) is 4.57. The smallest absolute Gasteiger partial charge is 1.00 e. The molecule has 1 aromatic heterocycles. The Morgan fingerprint density at radius 1 is 0.659 bits per heavy atom. The molecule has 41 heavy (non-hydrogen) atoms. The zero-order chi connectivity index (χ0) is 28.3. The number of phenolic OH excluding ortho intramolecular Hbond substituents is 1. The van der Waals surface area contributed by atoms with Crippen molar-refractivity contribution in [2.75, 3.05) is 0 Å². The van der Waals surface area contributed by atoms with Crippen molar-refractivity contribution < 1.29 is 6.53 Å². The molecule has 0 bridgehead atoms. The first-order valence-electron chi connectivity index (χ1n) is 16.8. The fraction of sp³-hybridized carbons (Fsp3) is 0.667. The third-order valence-electron chi connectivity index (χ3n) is 8.45. The van der Waals surface area contributed by atoms with Gasteiger partial charge in [0, 0.05) is 5.75 Å². The molecule has 3 rings (SSSR count). The molecule has 0 atom stereocenters. The number of fused-ring (bicyclic) bond motifs is 1. The number of benzene rings is 2. The first-order chi connectivity index (χ1) is 19.7. The summed E-state index contributed by atoms with van der Waals surface area (Å²) in [4.78, 5) is 0. The van der Waals surface area contributed by atoms with E-state index < -0.39 is 0 Å². The Labute approximate surface area is 292 Å². The molecular weight excluding hydrogens is 628 g/mol. The number of aromatic amines is 1. The van der Waals surface area contributed by atoms with Crippen LogP contribution in [0.2, 0.25) is 0 Å². The van der Waals surface area contributed by atoms with E-state index in [1.165, 1.54) is 133 Å². The molecule has 0 aliphatic carbocycles. The molecule has 0 saturated heterocycles. The Kier molecular flexibility index (Phi) is 20.2. The van der Waals surface area contributed by atoms with Crippen LogP contribution in [0.25, 0.3) is 22.2 Å². The van der Waals surface area contributed by atoms with Gasteiger partial charge in [0.15, 0.2) is 0 Å². The summed E-state index contributed by atoms with van der Waals surface area (Å²) in [5.74, 6) is 0.240. The number of phenols is 1. The van der Waals surface area contributed by atoms with Gasteiger partial charge in [-0.2, -0.15) is 21.0 Å². The third kappa shape index (κ3) is 13.6. The Morgan fingerprint density at radius 3 is 1.73 bits per heavy atom. The van der Waals surface area contributed by atoms with E-state index >= 15 is 0 Å². The number of para-hydroxylation sites is 1. The number of nitrogens with zero attached hydrogens (tertiary/aromatic N) is 2. The maximum Gasteiger partial charge on any atom is 2.00 e. The molecule has 224 valence electrons. The van der Waals surface area contributed by atoms with Crippen molar-refractivity contribution in [2.45, 2.75) is 155 Å². The Balaban J connectivity index is 0.00000441. The maximum absolute atomic E-state index is 10.7. The minimum absolute atomic E-state index is 0. The van der Waals surface area contributed by atoms with Crippen LogP contribution in [0.1, 0.15) is 155 Å². The number of H-pyrrole nitrogens is 1. The Morgan fingerprint density at radius 2 is 1.17 bits per heavy atom. The molecule has 0 radical (unpaired) electrons. The summed E-state index contributed by atoms with van der Waals surface area (Å²) in [5.41, 5.74) is 6.46. The number of aromatic hydroxyl groups is 1. The number of rotatable bonds is 23. The van der Waals surface area contributed by atoms with E-state index in [0.29, 0.717) is 0 Å². The average Bonchev–Trinajstić information content (AvgIpc) is 3.45. The monoisotopic (exact) mass is 685 g/mol. The predicted octanol–water partition coefficient (Wildman–Crippen LogP) is 10.8. The van der Waals surface area contributed by atoms with Gasteiger partial charge in [0.2, 0.25) is 0 Å². The fourth-order valence-corrected chi connectivity index (χ4v) is 6.06. The van der Waals surface area contributed by atoms with Crippen LogP contribution in [0, 0.1) is 6.07 Å². The second-order valence-corrected chi connectivity index (χ2v) is 11.9. The first-order valence-corrected chi connectivity index (χ1v) is 16.8. The van der Waals surface area contributed by atoms with Crippen LogP contribution in [-0.4, -0.2) is 69.4 Å². The van der Waals surface area contributed by atoms with Crippen LogP contribution in [0.3, 0.4) is 0 Å². The van der Waals surface area contributed by atoms with Gasteiger partial charge in [0.25, 0.3) is 0 Å². The molecule has 0 fully saturated rings. The maximum atomic E-state index is 10.7. The number of unbranched alkanes of at least 4 members (excludes halogenated alkanes) is 18. The van der Waals surface area contributed by atoms with Crippen molar-refractivity contribution in [3.05, 3.63) is 41.5 Å². The second kappa shape index (κ2) is 22.7. The molecule has 2 N–H and O–H groups in total. The topological polar surface area (TPSA) is 61.8 Å². The summed E-state index contributed by atoms with van der Waals surface area (Å²) in [6, 6.07) is 11.4. The van der Waals surface area contributed by atoms with E-state index in [1.54, 1.807) is 0 Å². The van der Waals surface area contributed by atoms with Crippen molar-refractivity contribution in [3.8, 4) is 16.9 Å². The number of nitrogens with one attached hydrogen (secondary N) is 1. The number of hydrogen-bond acceptors (Lipinski definition) is 3. The minimum Gasteiger partial charge on any atom is -1.00 e. The van der Waals surface area contributed by atoms with Crippen LogP contribution < -0.4 is 0 Å². The Hall–Kier alpha value is -0.789. The van der Waals surface area contributed by atoms with Gasteiger partial charge in [-0.25, -0.2) is 0 Å². The van der Waals surface area contributed by atoms with Crippen molar-refractivity contribution >= 4 is 59.9 Å². The van der Waals surface area contributed by atoms with Gasteiger partial charge < -0.3 is 6.53 Å². The van der Waals surface area contributed by atoms with Gasteiger partial charge in [-0.05, 0) is 11.6 Å². The number of aryl methyl sites for hydroxylation is 1. The van der Waals surface area contributed by atoms with Crippen LogP contribution >= 0.6 is 0 Å². The average molecular weight is 685 g/mol. The van der Waals surface area contributed by atoms with Gasteiger partial charge in [0.05, 0.1) is 0 Å². The van der Waals surface area contributed by atoms with E-state index in [0.717, 1.165) is 41.4 Å². The van der Waals surface area contributed by atoms with E-state index in [2.05, 4.69) is 41.4 Å². The zero-order valence-corrected chi connectivity index (χ0v) is 30.9. The van der Waals surface area contributed by atoms with Crippen molar-refractivity contribution in [3.63, 3.8) is 0 Å². The normalized spacial score (nSPS) is 11.3. The van der Waals surface area contributed by atoms with E-state index in [4.69, 9.17) is 0 Å². The summed E-state index contributed by atoms with van der Waals surface area (Å²) >= 11 is 0. The molecule has 0 saturated carbocycles. The molecular formula is C36H57BaN3O. The van der Waals surface area contributed by atoms with Gasteiger partial charge >= 0.3 is 48.9 Å². The molecule has 0 spiro atoms. The SMILES string of the molecule is CCCCCCCCCCCCc1[c-]c(O)cc(-c2cccc3n[nH]nc23)c1CCCCCCCCCCCC.[Ba+2].[H-]. The van der Waals surface area contributed by atoms with Crippen molar-refractivity contribution in [1.82, 2.24) is 15.4 Å². The molecule has 1 heterocycles. The number of hydrogen-bond donors (Lipinski definition) is 2.